The average molecular weight is 349 g/mol. The molecule has 0 aliphatic rings. The van der Waals surface area contributed by atoms with Crippen LogP contribution in [0.1, 0.15) is 24.1 Å². The molecular formula is C16H19N3O2S2. The number of primary sulfonamides is 1. The lowest BCUT2D eigenvalue weighted by molar-refractivity contribution is 0.597. The molecule has 0 amide bonds. The topological polar surface area (TPSA) is 84.2 Å². The largest absolute Gasteiger partial charge is 0.356 e. The number of sulfonamides is 1. The minimum absolute atomic E-state index is 0.0747. The van der Waals surface area contributed by atoms with E-state index in [-0.39, 0.29) is 10.9 Å². The fourth-order valence-electron chi connectivity index (χ4n) is 2.12. The third-order valence-corrected chi connectivity index (χ3v) is 4.48. The highest BCUT2D eigenvalue weighted by Crippen LogP contribution is 2.16. The summed E-state index contributed by atoms with van der Waals surface area (Å²) in [5.41, 5.74) is 2.97. The Morgan fingerprint density at radius 2 is 1.83 bits per heavy atom. The zero-order chi connectivity index (χ0) is 17.0. The van der Waals surface area contributed by atoms with Crippen molar-refractivity contribution >= 4 is 33.0 Å². The molecular weight excluding hydrogens is 330 g/mol. The van der Waals surface area contributed by atoms with Crippen molar-refractivity contribution in [2.75, 3.05) is 5.32 Å². The maximum Gasteiger partial charge on any atom is 0.238 e. The highest BCUT2D eigenvalue weighted by molar-refractivity contribution is 7.89. The van der Waals surface area contributed by atoms with Gasteiger partial charge in [-0.1, -0.05) is 24.3 Å². The molecule has 2 rings (SSSR count). The molecule has 0 saturated carbocycles. The molecule has 4 N–H and O–H groups in total. The molecule has 2 aromatic rings. The zero-order valence-corrected chi connectivity index (χ0v) is 14.5. The number of nitrogens with two attached hydrogens (primary N) is 1. The maximum atomic E-state index is 11.3. The monoisotopic (exact) mass is 349 g/mol. The summed E-state index contributed by atoms with van der Waals surface area (Å²) in [6, 6.07) is 14.2. The first-order valence-electron chi connectivity index (χ1n) is 7.02. The van der Waals surface area contributed by atoms with E-state index < -0.39 is 10.0 Å². The second-order valence-electron chi connectivity index (χ2n) is 5.30. The Balaban J connectivity index is 2.01. The molecule has 0 unspecified atom stereocenters. The maximum absolute atomic E-state index is 11.3. The van der Waals surface area contributed by atoms with Gasteiger partial charge in [-0.25, -0.2) is 13.6 Å². The van der Waals surface area contributed by atoms with Gasteiger partial charge in [-0.3, -0.25) is 0 Å². The van der Waals surface area contributed by atoms with Crippen LogP contribution in [0.2, 0.25) is 0 Å². The van der Waals surface area contributed by atoms with Crippen LogP contribution in [0.5, 0.6) is 0 Å². The average Bonchev–Trinajstić information content (AvgIpc) is 2.46. The normalized spacial score (nSPS) is 12.5. The molecule has 0 aliphatic carbocycles. The van der Waals surface area contributed by atoms with E-state index in [1.165, 1.54) is 12.1 Å². The van der Waals surface area contributed by atoms with E-state index in [4.69, 9.17) is 17.4 Å². The summed E-state index contributed by atoms with van der Waals surface area (Å²) in [6.45, 7) is 3.95. The molecule has 0 aliphatic heterocycles. The third-order valence-electron chi connectivity index (χ3n) is 3.33. The Kier molecular flexibility index (Phi) is 5.35. The first-order valence-corrected chi connectivity index (χ1v) is 8.98. The smallest absolute Gasteiger partial charge is 0.238 e. The van der Waals surface area contributed by atoms with Gasteiger partial charge < -0.3 is 10.6 Å². The van der Waals surface area contributed by atoms with Crippen molar-refractivity contribution in [1.82, 2.24) is 5.32 Å². The molecule has 0 aromatic heterocycles. The molecule has 0 radical (unpaired) electrons. The lowest BCUT2D eigenvalue weighted by atomic mass is 10.1. The summed E-state index contributed by atoms with van der Waals surface area (Å²) < 4.78 is 22.5. The highest BCUT2D eigenvalue weighted by atomic mass is 32.2. The first-order chi connectivity index (χ1) is 10.8. The number of hydrogen-bond acceptors (Lipinski definition) is 3. The highest BCUT2D eigenvalue weighted by Gasteiger charge is 2.11. The van der Waals surface area contributed by atoms with Crippen molar-refractivity contribution in [2.24, 2.45) is 5.14 Å². The van der Waals surface area contributed by atoms with Crippen LogP contribution in [-0.2, 0) is 10.0 Å². The summed E-state index contributed by atoms with van der Waals surface area (Å²) in [5, 5.41) is 11.9. The second kappa shape index (κ2) is 7.08. The van der Waals surface area contributed by atoms with Gasteiger partial charge in [-0.2, -0.15) is 0 Å². The van der Waals surface area contributed by atoms with E-state index in [1.807, 2.05) is 38.1 Å². The van der Waals surface area contributed by atoms with E-state index in [2.05, 4.69) is 10.6 Å². The molecule has 122 valence electrons. The number of nitrogens with one attached hydrogen (secondary N) is 2. The Labute approximate surface area is 142 Å². The van der Waals surface area contributed by atoms with Crippen LogP contribution in [0.4, 0.5) is 5.69 Å². The molecule has 23 heavy (non-hydrogen) atoms. The van der Waals surface area contributed by atoms with Crippen molar-refractivity contribution in [2.45, 2.75) is 24.8 Å². The summed E-state index contributed by atoms with van der Waals surface area (Å²) in [7, 11) is -3.67. The van der Waals surface area contributed by atoms with Crippen LogP contribution in [-0.4, -0.2) is 13.5 Å². The van der Waals surface area contributed by atoms with Crippen LogP contribution in [0.15, 0.2) is 53.4 Å². The van der Waals surface area contributed by atoms with E-state index in [1.54, 1.807) is 12.1 Å². The number of benzene rings is 2. The molecule has 2 aromatic carbocycles. The van der Waals surface area contributed by atoms with Crippen molar-refractivity contribution in [3.8, 4) is 0 Å². The van der Waals surface area contributed by atoms with Crippen LogP contribution in [0, 0.1) is 6.92 Å². The SMILES string of the molecule is Cc1cccc(NC(=S)N[C@H](C)c2ccc(S(N)(=O)=O)cc2)c1. The molecule has 0 saturated heterocycles. The van der Waals surface area contributed by atoms with Gasteiger partial charge in [0.05, 0.1) is 10.9 Å². The van der Waals surface area contributed by atoms with Gasteiger partial charge in [0.1, 0.15) is 0 Å². The van der Waals surface area contributed by atoms with Crippen molar-refractivity contribution < 1.29 is 8.42 Å². The Morgan fingerprint density at radius 1 is 1.17 bits per heavy atom. The number of thiocarbonyl (C=S) groups is 1. The zero-order valence-electron chi connectivity index (χ0n) is 12.9. The predicted octanol–water partition coefficient (Wildman–Crippen LogP) is 2.69. The van der Waals surface area contributed by atoms with E-state index in [9.17, 15) is 8.42 Å². The minimum Gasteiger partial charge on any atom is -0.356 e. The standard InChI is InChI=1S/C16H19N3O2S2/c1-11-4-3-5-14(10-11)19-16(22)18-12(2)13-6-8-15(9-7-13)23(17,20)21/h3-10,12H,1-2H3,(H2,17,20,21)(H2,18,19,22)/t12-/m1/s1. The van der Waals surface area contributed by atoms with E-state index in [0.717, 1.165) is 16.8 Å². The molecule has 0 bridgehead atoms. The third kappa shape index (κ3) is 5.02. The van der Waals surface area contributed by atoms with Gasteiger partial charge in [0.15, 0.2) is 5.11 Å². The van der Waals surface area contributed by atoms with Gasteiger partial charge in [0, 0.05) is 5.69 Å². The quantitative estimate of drug-likeness (QED) is 0.739. The lowest BCUT2D eigenvalue weighted by Crippen LogP contribution is -2.30. The molecule has 1 atom stereocenters. The second-order valence-corrected chi connectivity index (χ2v) is 7.27. The summed E-state index contributed by atoms with van der Waals surface area (Å²) in [6.07, 6.45) is 0. The number of aryl methyl sites for hydroxylation is 1. The van der Waals surface area contributed by atoms with Crippen molar-refractivity contribution in [3.63, 3.8) is 0 Å². The van der Waals surface area contributed by atoms with Crippen LogP contribution in [0.25, 0.3) is 0 Å². The van der Waals surface area contributed by atoms with Crippen LogP contribution in [0.3, 0.4) is 0 Å². The van der Waals surface area contributed by atoms with Crippen LogP contribution < -0.4 is 15.8 Å². The van der Waals surface area contributed by atoms with E-state index in [0.29, 0.717) is 5.11 Å². The molecule has 0 fully saturated rings. The van der Waals surface area contributed by atoms with Crippen molar-refractivity contribution in [1.29, 1.82) is 0 Å². The number of hydrogen-bond donors (Lipinski definition) is 3. The number of rotatable bonds is 4. The molecule has 0 spiro atoms. The Morgan fingerprint density at radius 3 is 2.39 bits per heavy atom. The fourth-order valence-corrected chi connectivity index (χ4v) is 2.93. The van der Waals surface area contributed by atoms with Gasteiger partial charge in [0.2, 0.25) is 10.0 Å². The lowest BCUT2D eigenvalue weighted by Gasteiger charge is -2.18. The number of anilines is 1. The predicted molar refractivity (Wildman–Crippen MR) is 96.8 cm³/mol. The fraction of sp³-hybridized carbons (Fsp3) is 0.188. The van der Waals surface area contributed by atoms with Crippen LogP contribution >= 0.6 is 12.2 Å². The molecule has 5 nitrogen and oxygen atoms in total. The molecule has 7 heteroatoms. The van der Waals surface area contributed by atoms with Crippen molar-refractivity contribution in [3.05, 3.63) is 59.7 Å². The summed E-state index contributed by atoms with van der Waals surface area (Å²) in [4.78, 5) is 0.0916. The molecule has 0 heterocycles. The first kappa shape index (κ1) is 17.4. The van der Waals surface area contributed by atoms with Gasteiger partial charge in [-0.15, -0.1) is 0 Å². The van der Waals surface area contributed by atoms with Gasteiger partial charge >= 0.3 is 0 Å². The summed E-state index contributed by atoms with van der Waals surface area (Å²) >= 11 is 5.30. The summed E-state index contributed by atoms with van der Waals surface area (Å²) in [5.74, 6) is 0. The van der Waals surface area contributed by atoms with Gasteiger partial charge in [0.25, 0.3) is 0 Å². The Hall–Kier alpha value is -1.96. The van der Waals surface area contributed by atoms with Gasteiger partial charge in [-0.05, 0) is 61.5 Å². The minimum atomic E-state index is -3.67. The Bertz CT molecular complexity index is 802. The van der Waals surface area contributed by atoms with E-state index >= 15 is 0 Å².